The number of carbonyl (C=O) groups excluding carboxylic acids is 1. The number of aryl methyl sites for hydroxylation is 4. The SMILES string of the molecule is Cc1nccn1CCCCc1ccc(CC(=O)N[C@@H](CO)Cc2ccc(OCCC3CCCCC3)c(CCCCN)c2)cc1. The number of amides is 1. The van der Waals surface area contributed by atoms with Gasteiger partial charge in [-0.25, -0.2) is 4.98 Å². The lowest BCUT2D eigenvalue weighted by atomic mass is 9.87. The van der Waals surface area contributed by atoms with Gasteiger partial charge >= 0.3 is 0 Å². The minimum atomic E-state index is -0.337. The fourth-order valence-corrected chi connectivity index (χ4v) is 6.35. The van der Waals surface area contributed by atoms with Crippen LogP contribution in [0.4, 0.5) is 0 Å². The highest BCUT2D eigenvalue weighted by molar-refractivity contribution is 5.78. The molecule has 1 atom stereocenters. The summed E-state index contributed by atoms with van der Waals surface area (Å²) >= 11 is 0. The minimum absolute atomic E-state index is 0.0710. The zero-order chi connectivity index (χ0) is 31.0. The summed E-state index contributed by atoms with van der Waals surface area (Å²) in [5.74, 6) is 2.74. The highest BCUT2D eigenvalue weighted by Gasteiger charge is 2.16. The molecule has 0 unspecified atom stereocenters. The van der Waals surface area contributed by atoms with Crippen molar-refractivity contribution in [1.82, 2.24) is 14.9 Å². The van der Waals surface area contributed by atoms with Crippen LogP contribution in [-0.4, -0.2) is 46.4 Å². The number of aromatic nitrogens is 2. The van der Waals surface area contributed by atoms with Gasteiger partial charge in [0.1, 0.15) is 11.6 Å². The first-order chi connectivity index (χ1) is 21.5. The third-order valence-corrected chi connectivity index (χ3v) is 9.03. The molecule has 1 aromatic heterocycles. The zero-order valence-electron chi connectivity index (χ0n) is 26.8. The lowest BCUT2D eigenvalue weighted by Gasteiger charge is -2.22. The number of carbonyl (C=O) groups is 1. The number of nitrogens with two attached hydrogens (primary N) is 1. The number of hydrogen-bond donors (Lipinski definition) is 3. The number of rotatable bonds is 19. The summed E-state index contributed by atoms with van der Waals surface area (Å²) < 4.78 is 8.48. The second kappa shape index (κ2) is 18.6. The maximum atomic E-state index is 12.9. The van der Waals surface area contributed by atoms with Crippen LogP contribution in [0.25, 0.3) is 0 Å². The summed E-state index contributed by atoms with van der Waals surface area (Å²) in [4.78, 5) is 17.2. The molecule has 2 aromatic carbocycles. The van der Waals surface area contributed by atoms with Crippen LogP contribution < -0.4 is 15.8 Å². The van der Waals surface area contributed by atoms with Crippen LogP contribution in [0.15, 0.2) is 54.9 Å². The van der Waals surface area contributed by atoms with Crippen molar-refractivity contribution in [3.05, 3.63) is 82.9 Å². The fourth-order valence-electron chi connectivity index (χ4n) is 6.35. The summed E-state index contributed by atoms with van der Waals surface area (Å²) in [6.45, 7) is 4.36. The molecule has 0 radical (unpaired) electrons. The first kappa shape index (κ1) is 33.7. The lowest BCUT2D eigenvalue weighted by Crippen LogP contribution is -2.39. The van der Waals surface area contributed by atoms with Crippen molar-refractivity contribution in [1.29, 1.82) is 0 Å². The van der Waals surface area contributed by atoms with E-state index in [1.165, 1.54) is 43.2 Å². The Labute approximate surface area is 264 Å². The molecule has 3 aromatic rings. The number of ether oxygens (including phenoxy) is 1. The van der Waals surface area contributed by atoms with Gasteiger partial charge in [0, 0.05) is 18.9 Å². The van der Waals surface area contributed by atoms with Crippen LogP contribution in [0.3, 0.4) is 0 Å². The second-order valence-electron chi connectivity index (χ2n) is 12.6. The van der Waals surface area contributed by atoms with Crippen LogP contribution in [0.2, 0.25) is 0 Å². The molecular weight excluding hydrogens is 548 g/mol. The number of benzene rings is 2. The normalized spacial score (nSPS) is 14.4. The van der Waals surface area contributed by atoms with Crippen LogP contribution in [0.1, 0.15) is 92.3 Å². The van der Waals surface area contributed by atoms with Crippen LogP contribution >= 0.6 is 0 Å². The predicted molar refractivity (Wildman–Crippen MR) is 178 cm³/mol. The summed E-state index contributed by atoms with van der Waals surface area (Å²) in [5.41, 5.74) is 10.3. The lowest BCUT2D eigenvalue weighted by molar-refractivity contribution is -0.121. The first-order valence-electron chi connectivity index (χ1n) is 16.9. The molecule has 0 bridgehead atoms. The van der Waals surface area contributed by atoms with Crippen molar-refractivity contribution < 1.29 is 14.6 Å². The summed E-state index contributed by atoms with van der Waals surface area (Å²) in [7, 11) is 0. The van der Waals surface area contributed by atoms with Gasteiger partial charge in [0.15, 0.2) is 0 Å². The predicted octanol–water partition coefficient (Wildman–Crippen LogP) is 6.11. The Kier molecular flexibility index (Phi) is 14.3. The number of imidazole rings is 1. The molecule has 1 heterocycles. The summed E-state index contributed by atoms with van der Waals surface area (Å²) in [5, 5.41) is 13.1. The topological polar surface area (TPSA) is 102 Å². The fraction of sp³-hybridized carbons (Fsp3) is 0.568. The molecule has 4 N–H and O–H groups in total. The maximum absolute atomic E-state index is 12.9. The van der Waals surface area contributed by atoms with E-state index in [4.69, 9.17) is 10.5 Å². The monoisotopic (exact) mass is 602 g/mol. The van der Waals surface area contributed by atoms with E-state index in [2.05, 4.69) is 45.2 Å². The van der Waals surface area contributed by atoms with E-state index >= 15 is 0 Å². The van der Waals surface area contributed by atoms with Crippen LogP contribution in [0, 0.1) is 12.8 Å². The average Bonchev–Trinajstić information content (AvgIpc) is 3.45. The van der Waals surface area contributed by atoms with Gasteiger partial charge in [0.05, 0.1) is 25.7 Å². The minimum Gasteiger partial charge on any atom is -0.493 e. The first-order valence-corrected chi connectivity index (χ1v) is 16.9. The molecule has 0 aliphatic heterocycles. The molecule has 4 rings (SSSR count). The van der Waals surface area contributed by atoms with E-state index in [-0.39, 0.29) is 18.6 Å². The molecule has 7 heteroatoms. The van der Waals surface area contributed by atoms with Gasteiger partial charge in [-0.05, 0) is 99.1 Å². The van der Waals surface area contributed by atoms with E-state index in [9.17, 15) is 9.90 Å². The molecule has 1 fully saturated rings. The Balaban J connectivity index is 1.24. The van der Waals surface area contributed by atoms with Gasteiger partial charge in [0.2, 0.25) is 5.91 Å². The Morgan fingerprint density at radius 1 is 1.02 bits per heavy atom. The number of aliphatic hydroxyl groups is 1. The number of unbranched alkanes of at least 4 members (excludes halogenated alkanes) is 2. The molecule has 44 heavy (non-hydrogen) atoms. The van der Waals surface area contributed by atoms with E-state index in [1.54, 1.807) is 0 Å². The van der Waals surface area contributed by atoms with E-state index in [0.29, 0.717) is 19.4 Å². The van der Waals surface area contributed by atoms with Crippen LogP contribution in [0.5, 0.6) is 5.75 Å². The van der Waals surface area contributed by atoms with E-state index in [1.807, 2.05) is 31.5 Å². The van der Waals surface area contributed by atoms with Crippen molar-refractivity contribution >= 4 is 5.91 Å². The van der Waals surface area contributed by atoms with Gasteiger partial charge in [-0.2, -0.15) is 0 Å². The third-order valence-electron chi connectivity index (χ3n) is 9.03. The maximum Gasteiger partial charge on any atom is 0.224 e. The number of nitrogens with one attached hydrogen (secondary N) is 1. The smallest absolute Gasteiger partial charge is 0.224 e. The van der Waals surface area contributed by atoms with Crippen molar-refractivity contribution in [2.24, 2.45) is 11.7 Å². The molecule has 0 spiro atoms. The highest BCUT2D eigenvalue weighted by Crippen LogP contribution is 2.28. The molecule has 1 amide bonds. The van der Waals surface area contributed by atoms with Gasteiger partial charge in [-0.15, -0.1) is 0 Å². The molecule has 1 saturated carbocycles. The molecule has 0 saturated heterocycles. The zero-order valence-corrected chi connectivity index (χ0v) is 26.8. The number of hydrogen-bond acceptors (Lipinski definition) is 5. The second-order valence-corrected chi connectivity index (χ2v) is 12.6. The van der Waals surface area contributed by atoms with Crippen molar-refractivity contribution in [2.75, 3.05) is 19.8 Å². The van der Waals surface area contributed by atoms with Gasteiger partial charge < -0.3 is 25.5 Å². The molecule has 240 valence electrons. The molecule has 1 aliphatic carbocycles. The number of nitrogens with zero attached hydrogens (tertiary/aromatic N) is 2. The quantitative estimate of drug-likeness (QED) is 0.144. The molecule has 1 aliphatic rings. The third kappa shape index (κ3) is 11.4. The summed E-state index contributed by atoms with van der Waals surface area (Å²) in [6.07, 6.45) is 18.8. The highest BCUT2D eigenvalue weighted by atomic mass is 16.5. The standard InChI is InChI=1S/C37H54N4O3/c1-29-39-21-23-41(29)22-8-6-11-31-13-15-32(16-14-31)27-37(43)40-35(28-42)26-33-17-18-36(34(25-33)12-5-7-20-38)44-24-19-30-9-3-2-4-10-30/h13-18,21,23,25,30,35,42H,2-12,19-20,22,24,26-28,38H2,1H3,(H,40,43)/t35-/m1/s1. The average molecular weight is 603 g/mol. The largest absolute Gasteiger partial charge is 0.493 e. The molecule has 7 nitrogen and oxygen atoms in total. The Hall–Kier alpha value is -3.16. The van der Waals surface area contributed by atoms with Gasteiger partial charge in [-0.1, -0.05) is 68.5 Å². The van der Waals surface area contributed by atoms with Crippen molar-refractivity contribution in [2.45, 2.75) is 109 Å². The Morgan fingerprint density at radius 3 is 2.50 bits per heavy atom. The number of aliphatic hydroxyl groups excluding tert-OH is 1. The van der Waals surface area contributed by atoms with Gasteiger partial charge in [0.25, 0.3) is 0 Å². The van der Waals surface area contributed by atoms with E-state index in [0.717, 1.165) is 86.7 Å². The van der Waals surface area contributed by atoms with Crippen LogP contribution in [-0.2, 0) is 37.0 Å². The Morgan fingerprint density at radius 2 is 1.77 bits per heavy atom. The van der Waals surface area contributed by atoms with Gasteiger partial charge in [-0.3, -0.25) is 4.79 Å². The molecular formula is C37H54N4O3. The van der Waals surface area contributed by atoms with Crippen molar-refractivity contribution in [3.63, 3.8) is 0 Å². The van der Waals surface area contributed by atoms with E-state index < -0.39 is 0 Å². The summed E-state index contributed by atoms with van der Waals surface area (Å²) in [6, 6.07) is 14.3. The Bertz CT molecular complexity index is 1250. The van der Waals surface area contributed by atoms with Crippen molar-refractivity contribution in [3.8, 4) is 5.75 Å².